The summed E-state index contributed by atoms with van der Waals surface area (Å²) in [6, 6.07) is 14.9. The average Bonchev–Trinajstić information content (AvgIpc) is 2.59. The average molecular weight is 533 g/mol. The van der Waals surface area contributed by atoms with Crippen molar-refractivity contribution in [2.75, 3.05) is 12.4 Å². The van der Waals surface area contributed by atoms with E-state index in [0.29, 0.717) is 16.4 Å². The number of nitrogens with zero attached hydrogens (tertiary/aromatic N) is 2. The Hall–Kier alpha value is -1.62. The Morgan fingerprint density at radius 3 is 2.61 bits per heavy atom. The molecule has 3 N–H and O–H groups in total. The van der Waals surface area contributed by atoms with Crippen LogP contribution in [0.5, 0.6) is 11.5 Å². The number of para-hydroxylation sites is 2. The van der Waals surface area contributed by atoms with Crippen molar-refractivity contribution in [3.05, 3.63) is 59.5 Å². The maximum atomic E-state index is 7.91. The number of rotatable bonds is 4. The van der Waals surface area contributed by atoms with Gasteiger partial charge in [0.1, 0.15) is 0 Å². The summed E-state index contributed by atoms with van der Waals surface area (Å²) < 4.78 is 5.08. The van der Waals surface area contributed by atoms with Crippen LogP contribution in [0.4, 0.5) is 5.69 Å². The van der Waals surface area contributed by atoms with Crippen molar-refractivity contribution in [2.24, 2.45) is 5.10 Å². The van der Waals surface area contributed by atoms with E-state index >= 15 is 0 Å². The monoisotopic (exact) mass is 532 g/mol. The quantitative estimate of drug-likeness (QED) is 0.216. The van der Waals surface area contributed by atoms with Crippen molar-refractivity contribution < 1.29 is 28.6 Å². The van der Waals surface area contributed by atoms with E-state index < -0.39 is 0 Å². The second-order valence-electron chi connectivity index (χ2n) is 4.08. The van der Waals surface area contributed by atoms with Gasteiger partial charge in [-0.25, -0.2) is 0 Å². The van der Waals surface area contributed by atoms with Crippen molar-refractivity contribution in [2.45, 2.75) is 0 Å². The van der Waals surface area contributed by atoms with Gasteiger partial charge in [0.2, 0.25) is 10.9 Å². The van der Waals surface area contributed by atoms with Gasteiger partial charge in [-0.05, 0) is 24.3 Å². The van der Waals surface area contributed by atoms with E-state index in [1.54, 1.807) is 37.0 Å². The van der Waals surface area contributed by atoms with E-state index in [-0.39, 0.29) is 5.75 Å². The van der Waals surface area contributed by atoms with E-state index in [9.17, 15) is 0 Å². The summed E-state index contributed by atoms with van der Waals surface area (Å²) in [5, 5.41) is 15.2. The van der Waals surface area contributed by atoms with Crippen molar-refractivity contribution in [3.63, 3.8) is 0 Å². The molecule has 0 radical (unpaired) electrons. The van der Waals surface area contributed by atoms with Gasteiger partial charge in [0.05, 0.1) is 12.7 Å². The molecule has 2 aromatic rings. The molecule has 0 aromatic heterocycles. The first-order valence-corrected chi connectivity index (χ1v) is 9.59. The van der Waals surface area contributed by atoms with Crippen LogP contribution in [0.3, 0.4) is 0 Å². The molecule has 0 amide bonds. The van der Waals surface area contributed by atoms with Crippen LogP contribution in [-0.2, 0) is 31.0 Å². The molecule has 124 valence electrons. The Labute approximate surface area is 155 Å². The molecule has 0 fully saturated rings. The molecular weight excluding hydrogens is 517 g/mol. The third-order valence-electron chi connectivity index (χ3n) is 2.66. The third kappa shape index (κ3) is 6.57. The molecule has 0 unspecified atom stereocenters. The minimum absolute atomic E-state index is 0.274. The van der Waals surface area contributed by atoms with Gasteiger partial charge in [0, 0.05) is 11.9 Å². The molecular formula is C15H16ClN3O2PtS+2. The fourth-order valence-corrected chi connectivity index (χ4v) is 1.83. The van der Waals surface area contributed by atoms with E-state index in [1.165, 1.54) is 13.3 Å². The third-order valence-corrected chi connectivity index (χ3v) is 2.86. The van der Waals surface area contributed by atoms with Gasteiger partial charge < -0.3 is 25.7 Å². The number of benzene rings is 2. The van der Waals surface area contributed by atoms with Crippen molar-refractivity contribution in [3.8, 4) is 11.5 Å². The van der Waals surface area contributed by atoms with Gasteiger partial charge in [0.15, 0.2) is 12.2 Å². The fraction of sp³-hybridized carbons (Fsp3) is 0.0667. The Kier molecular flexibility index (Phi) is 9.29. The summed E-state index contributed by atoms with van der Waals surface area (Å²) in [5.74, 6) is 0.770. The zero-order valence-corrected chi connectivity index (χ0v) is 16.1. The molecule has 0 spiro atoms. The van der Waals surface area contributed by atoms with Crippen molar-refractivity contribution >= 4 is 38.7 Å². The number of hydrogen-bond acceptors (Lipinski definition) is 2. The molecule has 23 heavy (non-hydrogen) atoms. The molecule has 0 saturated carbocycles. The number of halogens is 1. The van der Waals surface area contributed by atoms with Gasteiger partial charge >= 0.3 is 33.9 Å². The van der Waals surface area contributed by atoms with Crippen LogP contribution in [0, 0.1) is 0 Å². The zero-order valence-electron chi connectivity index (χ0n) is 12.1. The van der Waals surface area contributed by atoms with Crippen LogP contribution >= 0.6 is 9.42 Å². The molecule has 2 aromatic carbocycles. The molecule has 8 heteroatoms. The van der Waals surface area contributed by atoms with Gasteiger partial charge in [0.25, 0.3) is 0 Å². The SMILES string of the molecule is COc1cccc(C=N[N-]C(=[SH+])Nc2ccccc2)c1[OH2+].[Cl][Pt+]. The van der Waals surface area contributed by atoms with Gasteiger partial charge in [-0.15, -0.1) is 0 Å². The molecule has 0 bridgehead atoms. The molecule has 0 aliphatic rings. The summed E-state index contributed by atoms with van der Waals surface area (Å²) in [7, 11) is 6.14. The van der Waals surface area contributed by atoms with Crippen LogP contribution < -0.4 is 10.1 Å². The van der Waals surface area contributed by atoms with Gasteiger partial charge in [-0.2, -0.15) is 0 Å². The predicted molar refractivity (Wildman–Crippen MR) is 96.7 cm³/mol. The van der Waals surface area contributed by atoms with E-state index in [2.05, 4.69) is 37.5 Å². The van der Waals surface area contributed by atoms with Crippen LogP contribution in [-0.4, -0.2) is 23.5 Å². The molecule has 0 aliphatic heterocycles. The maximum absolute atomic E-state index is 7.91. The number of nitrogens with one attached hydrogen (secondary N) is 1. The summed E-state index contributed by atoms with van der Waals surface area (Å²) in [6.07, 6.45) is 1.49. The number of anilines is 1. The Bertz CT molecular complexity index is 656. The first-order valence-electron chi connectivity index (χ1n) is 6.33. The summed E-state index contributed by atoms with van der Waals surface area (Å²) in [4.78, 5) is 0. The normalized spacial score (nSPS) is 9.74. The second kappa shape index (κ2) is 11.0. The van der Waals surface area contributed by atoms with Gasteiger partial charge in [-0.1, -0.05) is 24.3 Å². The minimum atomic E-state index is 0.274. The van der Waals surface area contributed by atoms with Gasteiger partial charge in [-0.3, -0.25) is 0 Å². The van der Waals surface area contributed by atoms with E-state index in [1.807, 2.05) is 30.3 Å². The van der Waals surface area contributed by atoms with E-state index in [4.69, 9.17) is 9.84 Å². The first-order chi connectivity index (χ1) is 11.2. The Morgan fingerprint density at radius 1 is 1.26 bits per heavy atom. The van der Waals surface area contributed by atoms with Crippen molar-refractivity contribution in [1.82, 2.24) is 0 Å². The Balaban J connectivity index is 0.00000127. The fourth-order valence-electron chi connectivity index (χ4n) is 1.65. The van der Waals surface area contributed by atoms with E-state index in [0.717, 1.165) is 5.69 Å². The Morgan fingerprint density at radius 2 is 1.96 bits per heavy atom. The number of hydrogen-bond donors (Lipinski definition) is 1. The zero-order chi connectivity index (χ0) is 17.1. The first kappa shape index (κ1) is 19.4. The molecule has 5 nitrogen and oxygen atoms in total. The summed E-state index contributed by atoms with van der Waals surface area (Å²) >= 11 is 5.82. The summed E-state index contributed by atoms with van der Waals surface area (Å²) in [5.41, 5.74) is 5.43. The molecule has 0 aliphatic carbocycles. The van der Waals surface area contributed by atoms with Crippen LogP contribution in [0.2, 0.25) is 0 Å². The second-order valence-corrected chi connectivity index (χ2v) is 4.51. The molecule has 0 atom stereocenters. The topological polar surface area (TPSA) is 70.6 Å². The number of ether oxygens (including phenoxy) is 1. The number of methoxy groups -OCH3 is 1. The standard InChI is InChI=1S/C15H15N3O2S.ClH.Pt/c1-20-13-9-5-6-11(14(13)19)10-16-18-15(21)17-12-7-3-2-4-8-12;;/h2-10H,1H3,(H3,16,17,18,19,21);1H;/q;;+2. The predicted octanol–water partition coefficient (Wildman–Crippen LogP) is 3.01. The van der Waals surface area contributed by atoms with Crippen LogP contribution in [0.1, 0.15) is 5.56 Å². The molecule has 0 heterocycles. The summed E-state index contributed by atoms with van der Waals surface area (Å²) in [6.45, 7) is 0. The van der Waals surface area contributed by atoms with Crippen LogP contribution in [0.15, 0.2) is 53.6 Å². The van der Waals surface area contributed by atoms with Crippen LogP contribution in [0.25, 0.3) is 5.43 Å². The molecule has 0 saturated heterocycles. The number of thiol groups is 1. The molecule has 2 rings (SSSR count). The van der Waals surface area contributed by atoms with Crippen molar-refractivity contribution in [1.29, 1.82) is 0 Å².